The fourth-order valence-electron chi connectivity index (χ4n) is 1.05. The maximum absolute atomic E-state index is 11.1. The second-order valence-corrected chi connectivity index (χ2v) is 3.61. The Kier molecular flexibility index (Phi) is 6.42. The van der Waals surface area contributed by atoms with E-state index in [0.717, 1.165) is 0 Å². The van der Waals surface area contributed by atoms with E-state index in [2.05, 4.69) is 6.58 Å². The van der Waals surface area contributed by atoms with Crippen molar-refractivity contribution in [1.29, 1.82) is 0 Å². The highest BCUT2D eigenvalue weighted by Gasteiger charge is 2.07. The third kappa shape index (κ3) is 6.71. The minimum absolute atomic E-state index is 0.0787. The van der Waals surface area contributed by atoms with E-state index in [0.29, 0.717) is 19.4 Å². The summed E-state index contributed by atoms with van der Waals surface area (Å²) in [5, 5.41) is 0. The van der Waals surface area contributed by atoms with Crippen LogP contribution in [0.1, 0.15) is 26.7 Å². The molecule has 0 aromatic carbocycles. The summed E-state index contributed by atoms with van der Waals surface area (Å²) >= 11 is 0. The maximum atomic E-state index is 11.1. The Labute approximate surface area is 90.9 Å². The van der Waals surface area contributed by atoms with Gasteiger partial charge in [-0.25, -0.2) is 0 Å². The van der Waals surface area contributed by atoms with Gasteiger partial charge >= 0.3 is 5.97 Å². The molecule has 0 heterocycles. The van der Waals surface area contributed by atoms with Crippen molar-refractivity contribution >= 4 is 11.9 Å². The van der Waals surface area contributed by atoms with Crippen molar-refractivity contribution in [2.45, 2.75) is 32.8 Å². The Bertz CT molecular complexity index is 236. The SMILES string of the molecule is C=CC(=O)N(C)CCCC(=O)OC(C)C. The van der Waals surface area contributed by atoms with Crippen LogP contribution in [0.15, 0.2) is 12.7 Å². The molecule has 0 spiro atoms. The molecule has 0 aliphatic rings. The first-order chi connectivity index (χ1) is 6.97. The highest BCUT2D eigenvalue weighted by molar-refractivity contribution is 5.86. The summed E-state index contributed by atoms with van der Waals surface area (Å²) in [6.07, 6.45) is 2.13. The van der Waals surface area contributed by atoms with Crippen molar-refractivity contribution in [2.24, 2.45) is 0 Å². The quantitative estimate of drug-likeness (QED) is 0.494. The standard InChI is InChI=1S/C11H19NO3/c1-5-10(13)12(4)8-6-7-11(14)15-9(2)3/h5,9H,1,6-8H2,2-4H3. The second kappa shape index (κ2) is 7.04. The van der Waals surface area contributed by atoms with E-state index >= 15 is 0 Å². The lowest BCUT2D eigenvalue weighted by Crippen LogP contribution is -2.26. The number of carbonyl (C=O) groups is 2. The lowest BCUT2D eigenvalue weighted by molar-refractivity contribution is -0.147. The van der Waals surface area contributed by atoms with Crippen molar-refractivity contribution in [3.05, 3.63) is 12.7 Å². The molecule has 0 saturated heterocycles. The molecule has 0 rings (SSSR count). The zero-order valence-corrected chi connectivity index (χ0v) is 9.66. The summed E-state index contributed by atoms with van der Waals surface area (Å²) < 4.78 is 4.96. The van der Waals surface area contributed by atoms with Crippen LogP contribution in [0.4, 0.5) is 0 Å². The minimum atomic E-state index is -0.218. The van der Waals surface area contributed by atoms with Crippen LogP contribution in [0.25, 0.3) is 0 Å². The van der Waals surface area contributed by atoms with Gasteiger partial charge in [0, 0.05) is 20.0 Å². The average Bonchev–Trinajstić information content (AvgIpc) is 2.15. The molecule has 4 heteroatoms. The Morgan fingerprint density at radius 3 is 2.53 bits per heavy atom. The van der Waals surface area contributed by atoms with Crippen molar-refractivity contribution in [3.63, 3.8) is 0 Å². The molecular weight excluding hydrogens is 194 g/mol. The summed E-state index contributed by atoms with van der Waals surface area (Å²) in [4.78, 5) is 23.7. The van der Waals surface area contributed by atoms with Gasteiger partial charge in [-0.15, -0.1) is 0 Å². The molecule has 0 radical (unpaired) electrons. The maximum Gasteiger partial charge on any atom is 0.306 e. The first kappa shape index (κ1) is 13.7. The molecule has 1 amide bonds. The third-order valence-electron chi connectivity index (χ3n) is 1.79. The fraction of sp³-hybridized carbons (Fsp3) is 0.636. The molecule has 0 fully saturated rings. The second-order valence-electron chi connectivity index (χ2n) is 3.61. The zero-order chi connectivity index (χ0) is 11.8. The van der Waals surface area contributed by atoms with Crippen LogP contribution in [0, 0.1) is 0 Å². The molecule has 15 heavy (non-hydrogen) atoms. The zero-order valence-electron chi connectivity index (χ0n) is 9.66. The molecule has 0 aromatic heterocycles. The summed E-state index contributed by atoms with van der Waals surface area (Å²) in [6.45, 7) is 7.54. The van der Waals surface area contributed by atoms with Crippen LogP contribution in [0.3, 0.4) is 0 Å². The fourth-order valence-corrected chi connectivity index (χ4v) is 1.05. The van der Waals surface area contributed by atoms with Gasteiger partial charge in [0.05, 0.1) is 6.10 Å². The van der Waals surface area contributed by atoms with Crippen molar-refractivity contribution in [2.75, 3.05) is 13.6 Å². The number of nitrogens with zero attached hydrogens (tertiary/aromatic N) is 1. The van der Waals surface area contributed by atoms with Gasteiger partial charge in [0.2, 0.25) is 5.91 Å². The topological polar surface area (TPSA) is 46.6 Å². The van der Waals surface area contributed by atoms with Crippen molar-refractivity contribution < 1.29 is 14.3 Å². The summed E-state index contributed by atoms with van der Waals surface area (Å²) in [5.41, 5.74) is 0. The monoisotopic (exact) mass is 213 g/mol. The van der Waals surface area contributed by atoms with Crippen LogP contribution >= 0.6 is 0 Å². The Morgan fingerprint density at radius 1 is 1.47 bits per heavy atom. The van der Waals surface area contributed by atoms with Gasteiger partial charge in [-0.05, 0) is 26.3 Å². The largest absolute Gasteiger partial charge is 0.463 e. The van der Waals surface area contributed by atoms with Gasteiger partial charge < -0.3 is 9.64 Å². The number of amides is 1. The lowest BCUT2D eigenvalue weighted by Gasteiger charge is -2.14. The Balaban J connectivity index is 3.65. The van der Waals surface area contributed by atoms with Gasteiger partial charge in [0.1, 0.15) is 0 Å². The smallest absolute Gasteiger partial charge is 0.306 e. The molecule has 4 nitrogen and oxygen atoms in total. The lowest BCUT2D eigenvalue weighted by atomic mass is 10.3. The number of hydrogen-bond acceptors (Lipinski definition) is 3. The number of esters is 1. The van der Waals surface area contributed by atoms with E-state index in [-0.39, 0.29) is 18.0 Å². The molecule has 0 aliphatic heterocycles. The third-order valence-corrected chi connectivity index (χ3v) is 1.79. The Hall–Kier alpha value is -1.32. The molecule has 0 unspecified atom stereocenters. The normalized spacial score (nSPS) is 9.87. The molecule has 0 atom stereocenters. The summed E-state index contributed by atoms with van der Waals surface area (Å²) in [5.74, 6) is -0.350. The van der Waals surface area contributed by atoms with Crippen molar-refractivity contribution in [1.82, 2.24) is 4.90 Å². The van der Waals surface area contributed by atoms with Crippen LogP contribution in [-0.2, 0) is 14.3 Å². The van der Waals surface area contributed by atoms with E-state index < -0.39 is 0 Å². The van der Waals surface area contributed by atoms with E-state index in [1.165, 1.54) is 11.0 Å². The van der Waals surface area contributed by atoms with Gasteiger partial charge in [0.15, 0.2) is 0 Å². The first-order valence-corrected chi connectivity index (χ1v) is 5.04. The number of carbonyl (C=O) groups excluding carboxylic acids is 2. The van der Waals surface area contributed by atoms with E-state index in [1.807, 2.05) is 13.8 Å². The predicted octanol–water partition coefficient (Wildman–Crippen LogP) is 1.36. The van der Waals surface area contributed by atoms with E-state index in [4.69, 9.17) is 4.74 Å². The first-order valence-electron chi connectivity index (χ1n) is 5.04. The minimum Gasteiger partial charge on any atom is -0.463 e. The van der Waals surface area contributed by atoms with Crippen LogP contribution in [0.2, 0.25) is 0 Å². The average molecular weight is 213 g/mol. The molecular formula is C11H19NO3. The van der Waals surface area contributed by atoms with Crippen LogP contribution < -0.4 is 0 Å². The number of rotatable bonds is 6. The summed E-state index contributed by atoms with van der Waals surface area (Å²) in [6, 6.07) is 0. The summed E-state index contributed by atoms with van der Waals surface area (Å²) in [7, 11) is 1.68. The molecule has 0 bridgehead atoms. The molecule has 0 aromatic rings. The van der Waals surface area contributed by atoms with Gasteiger partial charge in [-0.2, -0.15) is 0 Å². The molecule has 0 N–H and O–H groups in total. The highest BCUT2D eigenvalue weighted by atomic mass is 16.5. The number of likely N-dealkylation sites (N-methyl/N-ethyl adjacent to an activating group) is 1. The van der Waals surface area contributed by atoms with Crippen LogP contribution in [-0.4, -0.2) is 36.5 Å². The van der Waals surface area contributed by atoms with Gasteiger partial charge in [-0.3, -0.25) is 9.59 Å². The Morgan fingerprint density at radius 2 is 2.07 bits per heavy atom. The number of ether oxygens (including phenoxy) is 1. The van der Waals surface area contributed by atoms with E-state index in [1.54, 1.807) is 7.05 Å². The molecule has 86 valence electrons. The predicted molar refractivity (Wildman–Crippen MR) is 58.3 cm³/mol. The van der Waals surface area contributed by atoms with Crippen LogP contribution in [0.5, 0.6) is 0 Å². The highest BCUT2D eigenvalue weighted by Crippen LogP contribution is 1.99. The molecule has 0 saturated carbocycles. The number of hydrogen-bond donors (Lipinski definition) is 0. The van der Waals surface area contributed by atoms with Gasteiger partial charge in [-0.1, -0.05) is 6.58 Å². The van der Waals surface area contributed by atoms with Crippen molar-refractivity contribution in [3.8, 4) is 0 Å². The van der Waals surface area contributed by atoms with E-state index in [9.17, 15) is 9.59 Å². The molecule has 0 aliphatic carbocycles. The van der Waals surface area contributed by atoms with Gasteiger partial charge in [0.25, 0.3) is 0 Å².